The number of ether oxygens (including phenoxy) is 1. The second kappa shape index (κ2) is 9.76. The zero-order valence-electron chi connectivity index (χ0n) is 20.4. The van der Waals surface area contributed by atoms with Gasteiger partial charge in [-0.1, -0.05) is 23.4 Å². The fourth-order valence-electron chi connectivity index (χ4n) is 4.48. The average molecular weight is 490 g/mol. The van der Waals surface area contributed by atoms with E-state index < -0.39 is 5.91 Å². The van der Waals surface area contributed by atoms with Crippen molar-refractivity contribution in [3.8, 4) is 17.3 Å². The third kappa shape index (κ3) is 4.64. The third-order valence-corrected chi connectivity index (χ3v) is 6.50. The van der Waals surface area contributed by atoms with E-state index in [1.807, 2.05) is 36.9 Å². The van der Waals surface area contributed by atoms with Crippen LogP contribution in [0.2, 0.25) is 0 Å². The van der Waals surface area contributed by atoms with Crippen molar-refractivity contribution in [1.29, 1.82) is 0 Å². The van der Waals surface area contributed by atoms with Crippen LogP contribution in [-0.2, 0) is 11.8 Å². The molecule has 1 fully saturated rings. The highest BCUT2D eigenvalue weighted by Gasteiger charge is 2.28. The van der Waals surface area contributed by atoms with Crippen LogP contribution >= 0.6 is 0 Å². The fourth-order valence-corrected chi connectivity index (χ4v) is 4.48. The molecule has 0 unspecified atom stereocenters. The number of rotatable bonds is 6. The van der Waals surface area contributed by atoms with Gasteiger partial charge in [0.2, 0.25) is 23.5 Å². The number of benzene rings is 1. The molecule has 186 valence electrons. The van der Waals surface area contributed by atoms with Gasteiger partial charge in [-0.3, -0.25) is 14.3 Å². The Bertz CT molecular complexity index is 1420. The maximum Gasteiger partial charge on any atom is 0.270 e. The molecule has 0 bridgehead atoms. The topological polar surface area (TPSA) is 128 Å². The number of fused-ring (bicyclic) bond motifs is 1. The summed E-state index contributed by atoms with van der Waals surface area (Å²) in [5, 5.41) is 12.4. The van der Waals surface area contributed by atoms with Crippen molar-refractivity contribution >= 4 is 22.7 Å². The predicted octanol–water partition coefficient (Wildman–Crippen LogP) is 2.47. The monoisotopic (exact) mass is 489 g/mol. The smallest absolute Gasteiger partial charge is 0.270 e. The molecule has 1 aliphatic rings. The lowest BCUT2D eigenvalue weighted by atomic mass is 9.96. The van der Waals surface area contributed by atoms with E-state index in [9.17, 15) is 9.59 Å². The normalized spacial score (nSPS) is 14.2. The summed E-state index contributed by atoms with van der Waals surface area (Å²) < 4.78 is 12.5. The van der Waals surface area contributed by atoms with Crippen LogP contribution in [0.15, 0.2) is 40.9 Å². The fraction of sp³-hybridized carbons (Fsp3) is 0.360. The third-order valence-electron chi connectivity index (χ3n) is 6.50. The van der Waals surface area contributed by atoms with Gasteiger partial charge in [0.1, 0.15) is 5.69 Å². The van der Waals surface area contributed by atoms with E-state index in [-0.39, 0.29) is 24.1 Å². The summed E-state index contributed by atoms with van der Waals surface area (Å²) in [6.45, 7) is 2.99. The van der Waals surface area contributed by atoms with Crippen LogP contribution in [0.1, 0.15) is 40.8 Å². The van der Waals surface area contributed by atoms with Gasteiger partial charge in [0.25, 0.3) is 5.91 Å². The lowest BCUT2D eigenvalue weighted by molar-refractivity contribution is -0.131. The number of likely N-dealkylation sites (tertiary alicyclic amines) is 1. The molecule has 1 aromatic carbocycles. The number of hydrogen-bond acceptors (Lipinski definition) is 8. The van der Waals surface area contributed by atoms with E-state index in [0.29, 0.717) is 43.5 Å². The first kappa shape index (κ1) is 23.5. The van der Waals surface area contributed by atoms with Crippen LogP contribution in [-0.4, -0.2) is 68.4 Å². The Morgan fingerprint density at radius 3 is 2.75 bits per heavy atom. The van der Waals surface area contributed by atoms with Gasteiger partial charge in [0.05, 0.1) is 24.9 Å². The van der Waals surface area contributed by atoms with Gasteiger partial charge < -0.3 is 19.5 Å². The number of nitrogens with zero attached hydrogens (tertiary/aromatic N) is 6. The number of piperidine rings is 1. The van der Waals surface area contributed by atoms with Crippen LogP contribution in [0.4, 0.5) is 0 Å². The molecule has 2 amide bonds. The summed E-state index contributed by atoms with van der Waals surface area (Å²) in [7, 11) is 3.39. The molecule has 1 N–H and O–H groups in total. The van der Waals surface area contributed by atoms with Crippen LogP contribution in [0.3, 0.4) is 0 Å². The van der Waals surface area contributed by atoms with Crippen LogP contribution in [0, 0.1) is 6.92 Å². The largest absolute Gasteiger partial charge is 0.481 e. The highest BCUT2D eigenvalue weighted by atomic mass is 16.5. The molecule has 0 atom stereocenters. The molecule has 0 radical (unpaired) electrons. The molecule has 3 aromatic heterocycles. The van der Waals surface area contributed by atoms with E-state index in [4.69, 9.17) is 9.26 Å². The number of nitrogens with one attached hydrogen (secondary N) is 1. The lowest BCUT2D eigenvalue weighted by Gasteiger charge is -2.30. The van der Waals surface area contributed by atoms with Crippen molar-refractivity contribution in [2.45, 2.75) is 25.7 Å². The predicted molar refractivity (Wildman–Crippen MR) is 130 cm³/mol. The average Bonchev–Trinajstić information content (AvgIpc) is 3.51. The minimum atomic E-state index is -0.421. The number of aryl methyl sites for hydroxylation is 2. The molecule has 0 aliphatic carbocycles. The van der Waals surface area contributed by atoms with Gasteiger partial charge in [0, 0.05) is 43.1 Å². The molecule has 4 heterocycles. The molecule has 1 aliphatic heterocycles. The Labute approximate surface area is 207 Å². The van der Waals surface area contributed by atoms with Crippen LogP contribution in [0.25, 0.3) is 22.3 Å². The number of methoxy groups -OCH3 is 1. The van der Waals surface area contributed by atoms with Gasteiger partial charge in [0.15, 0.2) is 0 Å². The summed E-state index contributed by atoms with van der Waals surface area (Å²) in [6, 6.07) is 10.9. The van der Waals surface area contributed by atoms with Gasteiger partial charge in [-0.25, -0.2) is 4.98 Å². The van der Waals surface area contributed by atoms with E-state index in [2.05, 4.69) is 25.5 Å². The Morgan fingerprint density at radius 2 is 1.97 bits per heavy atom. The quantitative estimate of drug-likeness (QED) is 0.437. The number of hydrogen-bond donors (Lipinski definition) is 1. The zero-order chi connectivity index (χ0) is 25.2. The zero-order valence-corrected chi connectivity index (χ0v) is 20.4. The van der Waals surface area contributed by atoms with Crippen molar-refractivity contribution < 1.29 is 18.8 Å². The number of carbonyl (C=O) groups excluding carboxylic acids is 2. The number of carbonyl (C=O) groups is 2. The molecular weight excluding hydrogens is 462 g/mol. The number of aromatic nitrogens is 5. The van der Waals surface area contributed by atoms with Gasteiger partial charge in [-0.15, -0.1) is 0 Å². The number of amides is 2. The SMILES string of the molecule is COc1cccc(C(=O)NCC(=O)N2CCC(c3nc(-c4ccc5c(C)nn(C)c5c4)no3)CC2)n1. The highest BCUT2D eigenvalue weighted by Crippen LogP contribution is 2.30. The molecular formula is C25H27N7O4. The Balaban J connectivity index is 1.16. The van der Waals surface area contributed by atoms with Crippen molar-refractivity contribution in [2.75, 3.05) is 26.7 Å². The molecule has 5 rings (SSSR count). The van der Waals surface area contributed by atoms with E-state index in [1.165, 1.54) is 7.11 Å². The van der Waals surface area contributed by atoms with Gasteiger partial charge in [-0.2, -0.15) is 10.1 Å². The summed E-state index contributed by atoms with van der Waals surface area (Å²) in [5.41, 5.74) is 3.06. The van der Waals surface area contributed by atoms with Gasteiger partial charge >= 0.3 is 0 Å². The second-order valence-electron chi connectivity index (χ2n) is 8.80. The minimum absolute atomic E-state index is 0.0774. The molecule has 11 heteroatoms. The first-order chi connectivity index (χ1) is 17.4. The summed E-state index contributed by atoms with van der Waals surface area (Å²) in [4.78, 5) is 35.4. The summed E-state index contributed by atoms with van der Waals surface area (Å²) in [5.74, 6) is 0.973. The molecule has 11 nitrogen and oxygen atoms in total. The maximum atomic E-state index is 12.6. The summed E-state index contributed by atoms with van der Waals surface area (Å²) in [6.07, 6.45) is 1.41. The van der Waals surface area contributed by atoms with Gasteiger partial charge in [-0.05, 0) is 31.9 Å². The van der Waals surface area contributed by atoms with Crippen molar-refractivity contribution in [3.63, 3.8) is 0 Å². The molecule has 36 heavy (non-hydrogen) atoms. The first-order valence-corrected chi connectivity index (χ1v) is 11.8. The molecule has 0 spiro atoms. The summed E-state index contributed by atoms with van der Waals surface area (Å²) >= 11 is 0. The highest BCUT2D eigenvalue weighted by molar-refractivity contribution is 5.95. The molecule has 0 saturated carbocycles. The van der Waals surface area contributed by atoms with E-state index >= 15 is 0 Å². The Kier molecular flexibility index (Phi) is 6.36. The van der Waals surface area contributed by atoms with Crippen molar-refractivity contribution in [3.05, 3.63) is 53.7 Å². The molecule has 4 aromatic rings. The Hall–Kier alpha value is -4.28. The van der Waals surface area contributed by atoms with Crippen molar-refractivity contribution in [2.24, 2.45) is 7.05 Å². The Morgan fingerprint density at radius 1 is 1.17 bits per heavy atom. The number of pyridine rings is 1. The van der Waals surface area contributed by atoms with Crippen molar-refractivity contribution in [1.82, 2.24) is 35.1 Å². The molecule has 1 saturated heterocycles. The lowest BCUT2D eigenvalue weighted by Crippen LogP contribution is -2.43. The van der Waals surface area contributed by atoms with E-state index in [0.717, 1.165) is 22.2 Å². The maximum absolute atomic E-state index is 12.6. The second-order valence-corrected chi connectivity index (χ2v) is 8.80. The van der Waals surface area contributed by atoms with E-state index in [1.54, 1.807) is 23.1 Å². The van der Waals surface area contributed by atoms with Crippen LogP contribution < -0.4 is 10.1 Å². The standard InChI is InChI=1S/C25H27N7O4/c1-15-18-8-7-17(13-20(18)31(2)29-15)23-28-25(36-30-23)16-9-11-32(12-10-16)22(33)14-26-24(34)19-5-4-6-21(27-19)35-3/h4-8,13,16H,9-12,14H2,1-3H3,(H,26,34). The minimum Gasteiger partial charge on any atom is -0.481 e. The van der Waals surface area contributed by atoms with Crippen LogP contribution in [0.5, 0.6) is 5.88 Å². The first-order valence-electron chi connectivity index (χ1n) is 11.8.